The van der Waals surface area contributed by atoms with Crippen LogP contribution < -0.4 is 5.32 Å². The summed E-state index contributed by atoms with van der Waals surface area (Å²) >= 11 is 0. The molecule has 11 atom stereocenters. The van der Waals surface area contributed by atoms with Crippen LogP contribution in [0.2, 0.25) is 0 Å². The second kappa shape index (κ2) is 9.90. The van der Waals surface area contributed by atoms with Crippen LogP contribution in [0.4, 0.5) is 0 Å². The third kappa shape index (κ3) is 4.84. The standard InChI is InChI=1S/C26H47NO6S/c1-16(5-4-10-27-11-12-34(31,32)33)19-6-7-20-24-21(15-23(30)26(19,20)3)25(2)9-8-18(28)13-17(25)14-22(24)29/h16-24,27-30H,4-15H2,1-3H3,(H,31,32,33)/t16-,17+,18-,19-,20+,21+,22-,23+,24+,25+,26-/m1/s1. The number of fused-ring (bicyclic) bond motifs is 5. The molecule has 4 rings (SSSR count). The van der Waals surface area contributed by atoms with Crippen LogP contribution in [-0.2, 0) is 10.1 Å². The Morgan fingerprint density at radius 3 is 2.44 bits per heavy atom. The third-order valence-electron chi connectivity index (χ3n) is 11.1. The highest BCUT2D eigenvalue weighted by molar-refractivity contribution is 7.85. The van der Waals surface area contributed by atoms with Gasteiger partial charge in [0.25, 0.3) is 10.1 Å². The van der Waals surface area contributed by atoms with Gasteiger partial charge >= 0.3 is 0 Å². The van der Waals surface area contributed by atoms with Gasteiger partial charge in [-0.25, -0.2) is 0 Å². The van der Waals surface area contributed by atoms with Crippen LogP contribution in [0.25, 0.3) is 0 Å². The fourth-order valence-corrected chi connectivity index (χ4v) is 9.61. The maximum atomic E-state index is 11.6. The second-order valence-electron chi connectivity index (χ2n) is 12.7. The average Bonchev–Trinajstić information content (AvgIpc) is 3.10. The minimum absolute atomic E-state index is 0.100. The molecule has 0 spiro atoms. The smallest absolute Gasteiger partial charge is 0.266 e. The lowest BCUT2D eigenvalue weighted by molar-refractivity contribution is -0.207. The first-order chi connectivity index (χ1) is 15.9. The maximum Gasteiger partial charge on any atom is 0.266 e. The van der Waals surface area contributed by atoms with E-state index in [4.69, 9.17) is 4.55 Å². The predicted octanol–water partition coefficient (Wildman–Crippen LogP) is 2.84. The molecule has 5 N–H and O–H groups in total. The minimum atomic E-state index is -3.92. The summed E-state index contributed by atoms with van der Waals surface area (Å²) < 4.78 is 30.5. The van der Waals surface area contributed by atoms with E-state index >= 15 is 0 Å². The van der Waals surface area contributed by atoms with Gasteiger partial charge in [-0.1, -0.05) is 20.8 Å². The van der Waals surface area contributed by atoms with E-state index in [0.717, 1.165) is 57.8 Å². The van der Waals surface area contributed by atoms with Crippen molar-refractivity contribution in [2.45, 2.75) is 96.9 Å². The van der Waals surface area contributed by atoms with Crippen LogP contribution in [0, 0.1) is 46.3 Å². The zero-order chi connectivity index (χ0) is 24.9. The summed E-state index contributed by atoms with van der Waals surface area (Å²) in [5.41, 5.74) is -0.0831. The molecular weight excluding hydrogens is 454 g/mol. The van der Waals surface area contributed by atoms with Crippen molar-refractivity contribution in [1.82, 2.24) is 5.32 Å². The van der Waals surface area contributed by atoms with Crippen LogP contribution in [-0.4, -0.2) is 65.4 Å². The maximum absolute atomic E-state index is 11.6. The first-order valence-corrected chi connectivity index (χ1v) is 15.2. The lowest BCUT2D eigenvalue weighted by Gasteiger charge is -2.63. The molecule has 8 heteroatoms. The number of nitrogens with one attached hydrogen (secondary N) is 1. The highest BCUT2D eigenvalue weighted by Crippen LogP contribution is 2.68. The van der Waals surface area contributed by atoms with Gasteiger partial charge in [-0.2, -0.15) is 8.42 Å². The summed E-state index contributed by atoms with van der Waals surface area (Å²) in [6.45, 7) is 7.90. The normalized spacial score (nSPS) is 47.5. The van der Waals surface area contributed by atoms with Crippen molar-refractivity contribution in [3.63, 3.8) is 0 Å². The first-order valence-electron chi connectivity index (χ1n) is 13.6. The molecule has 0 bridgehead atoms. The molecule has 4 fully saturated rings. The summed E-state index contributed by atoms with van der Waals surface area (Å²) in [6.07, 6.45) is 7.29. The highest BCUT2D eigenvalue weighted by atomic mass is 32.2. The van der Waals surface area contributed by atoms with Crippen LogP contribution in [0.1, 0.15) is 78.6 Å². The molecule has 4 aliphatic carbocycles. The van der Waals surface area contributed by atoms with E-state index < -0.39 is 10.1 Å². The van der Waals surface area contributed by atoms with Gasteiger partial charge in [0.2, 0.25) is 0 Å². The number of hydrogen-bond donors (Lipinski definition) is 5. The van der Waals surface area contributed by atoms with Gasteiger partial charge in [0, 0.05) is 6.54 Å². The Morgan fingerprint density at radius 1 is 1.00 bits per heavy atom. The molecule has 4 saturated carbocycles. The highest BCUT2D eigenvalue weighted by Gasteiger charge is 2.65. The van der Waals surface area contributed by atoms with Gasteiger partial charge < -0.3 is 20.6 Å². The molecule has 198 valence electrons. The van der Waals surface area contributed by atoms with E-state index in [0.29, 0.717) is 36.1 Å². The lowest BCUT2D eigenvalue weighted by Crippen LogP contribution is -2.62. The van der Waals surface area contributed by atoms with E-state index in [1.54, 1.807) is 0 Å². The van der Waals surface area contributed by atoms with E-state index in [2.05, 4.69) is 26.1 Å². The average molecular weight is 502 g/mol. The zero-order valence-corrected chi connectivity index (χ0v) is 22.0. The number of aliphatic hydroxyl groups is 3. The molecule has 0 aliphatic heterocycles. The molecule has 0 aromatic carbocycles. The largest absolute Gasteiger partial charge is 0.393 e. The Balaban J connectivity index is 1.41. The first kappa shape index (κ1) is 26.8. The summed E-state index contributed by atoms with van der Waals surface area (Å²) in [5, 5.41) is 36.4. The number of aliphatic hydroxyl groups excluding tert-OH is 3. The predicted molar refractivity (Wildman–Crippen MR) is 132 cm³/mol. The Bertz CT molecular complexity index is 822. The quantitative estimate of drug-likeness (QED) is 0.256. The van der Waals surface area contributed by atoms with Crippen molar-refractivity contribution in [2.75, 3.05) is 18.8 Å². The van der Waals surface area contributed by atoms with Crippen molar-refractivity contribution < 1.29 is 28.3 Å². The van der Waals surface area contributed by atoms with Gasteiger partial charge in [-0.3, -0.25) is 4.55 Å². The van der Waals surface area contributed by atoms with Gasteiger partial charge in [0.05, 0.1) is 24.1 Å². The third-order valence-corrected chi connectivity index (χ3v) is 11.8. The molecule has 0 radical (unpaired) electrons. The van der Waals surface area contributed by atoms with Crippen molar-refractivity contribution in [2.24, 2.45) is 46.3 Å². The SMILES string of the molecule is C[C@H](CCCNCCS(=O)(=O)O)[C@H]1CC[C@H]2[C@@H]3[C@H](O)C[C@@H]4C[C@H](O)CC[C@]4(C)[C@H]3C[C@H](O)[C@]12C. The summed E-state index contributed by atoms with van der Waals surface area (Å²) in [5.74, 6) is 1.83. The fourth-order valence-electron chi connectivity index (χ4n) is 9.21. The van der Waals surface area contributed by atoms with Crippen LogP contribution in [0.15, 0.2) is 0 Å². The van der Waals surface area contributed by atoms with E-state index in [1.807, 2.05) is 0 Å². The summed E-state index contributed by atoms with van der Waals surface area (Å²) in [7, 11) is -3.92. The van der Waals surface area contributed by atoms with Crippen molar-refractivity contribution in [1.29, 1.82) is 0 Å². The van der Waals surface area contributed by atoms with E-state index in [-0.39, 0.29) is 47.4 Å². The fraction of sp³-hybridized carbons (Fsp3) is 1.00. The molecule has 0 unspecified atom stereocenters. The van der Waals surface area contributed by atoms with Crippen molar-refractivity contribution in [3.05, 3.63) is 0 Å². The molecule has 0 saturated heterocycles. The van der Waals surface area contributed by atoms with Gasteiger partial charge in [0.15, 0.2) is 0 Å². The van der Waals surface area contributed by atoms with Crippen molar-refractivity contribution in [3.8, 4) is 0 Å². The van der Waals surface area contributed by atoms with Crippen LogP contribution in [0.3, 0.4) is 0 Å². The molecule has 0 aromatic heterocycles. The van der Waals surface area contributed by atoms with Gasteiger partial charge in [0.1, 0.15) is 0 Å². The molecular formula is C26H47NO6S. The monoisotopic (exact) mass is 501 g/mol. The Labute approximate surface area is 205 Å². The summed E-state index contributed by atoms with van der Waals surface area (Å²) in [6, 6.07) is 0. The minimum Gasteiger partial charge on any atom is -0.393 e. The lowest BCUT2D eigenvalue weighted by atomic mass is 9.43. The molecule has 34 heavy (non-hydrogen) atoms. The van der Waals surface area contributed by atoms with Crippen LogP contribution >= 0.6 is 0 Å². The molecule has 0 amide bonds. The molecule has 0 heterocycles. The Hall–Kier alpha value is -0.250. The van der Waals surface area contributed by atoms with Gasteiger partial charge in [-0.05, 0) is 111 Å². The Kier molecular flexibility index (Phi) is 7.80. The van der Waals surface area contributed by atoms with Crippen LogP contribution in [0.5, 0.6) is 0 Å². The van der Waals surface area contributed by atoms with Crippen molar-refractivity contribution >= 4 is 10.1 Å². The zero-order valence-electron chi connectivity index (χ0n) is 21.2. The van der Waals surface area contributed by atoms with E-state index in [1.165, 1.54) is 0 Å². The second-order valence-corrected chi connectivity index (χ2v) is 14.3. The molecule has 7 nitrogen and oxygen atoms in total. The number of rotatable bonds is 8. The Morgan fingerprint density at radius 2 is 1.74 bits per heavy atom. The summed E-state index contributed by atoms with van der Waals surface area (Å²) in [4.78, 5) is 0. The molecule has 0 aromatic rings. The topological polar surface area (TPSA) is 127 Å². The number of hydrogen-bond acceptors (Lipinski definition) is 6. The van der Waals surface area contributed by atoms with Gasteiger partial charge in [-0.15, -0.1) is 0 Å². The van der Waals surface area contributed by atoms with E-state index in [9.17, 15) is 23.7 Å². The molecule has 4 aliphatic rings.